The van der Waals surface area contributed by atoms with Crippen LogP contribution in [-0.2, 0) is 4.79 Å². The Morgan fingerprint density at radius 2 is 2.05 bits per heavy atom. The Kier molecular flexibility index (Phi) is 3.83. The molecule has 0 radical (unpaired) electrons. The van der Waals surface area contributed by atoms with Crippen molar-refractivity contribution >= 4 is 11.9 Å². The van der Waals surface area contributed by atoms with E-state index in [1.165, 1.54) is 12.8 Å². The third-order valence-corrected chi connectivity index (χ3v) is 6.33. The van der Waals surface area contributed by atoms with E-state index in [4.69, 9.17) is 0 Å². The van der Waals surface area contributed by atoms with E-state index in [0.717, 1.165) is 12.3 Å². The van der Waals surface area contributed by atoms with Crippen LogP contribution in [0.3, 0.4) is 0 Å². The standard InChI is InChI=1S/C17H26N4O/c1-16(2)12-5-7-17(16,3)13(11-12)21-14(22)6-10-20-15-18-8-4-9-19-15/h4,8-9,12-13H,5-7,10-11H2,1-3H3,(H,21,22)(H,18,19,20). The second-order valence-corrected chi connectivity index (χ2v) is 7.48. The lowest BCUT2D eigenvalue weighted by Crippen LogP contribution is -2.47. The number of rotatable bonds is 5. The first-order valence-corrected chi connectivity index (χ1v) is 8.24. The summed E-state index contributed by atoms with van der Waals surface area (Å²) in [5.74, 6) is 1.44. The molecule has 2 aliphatic rings. The molecule has 2 bridgehead atoms. The Hall–Kier alpha value is -1.65. The van der Waals surface area contributed by atoms with E-state index in [2.05, 4.69) is 41.4 Å². The van der Waals surface area contributed by atoms with Gasteiger partial charge in [0.25, 0.3) is 0 Å². The van der Waals surface area contributed by atoms with Crippen LogP contribution < -0.4 is 10.6 Å². The van der Waals surface area contributed by atoms with Crippen LogP contribution in [0.25, 0.3) is 0 Å². The van der Waals surface area contributed by atoms with Gasteiger partial charge in [-0.25, -0.2) is 9.97 Å². The van der Waals surface area contributed by atoms with E-state index in [-0.39, 0.29) is 11.3 Å². The summed E-state index contributed by atoms with van der Waals surface area (Å²) in [7, 11) is 0. The number of amides is 1. The van der Waals surface area contributed by atoms with Gasteiger partial charge in [-0.15, -0.1) is 0 Å². The minimum absolute atomic E-state index is 0.123. The van der Waals surface area contributed by atoms with Crippen LogP contribution in [0.2, 0.25) is 0 Å². The van der Waals surface area contributed by atoms with Gasteiger partial charge in [0.1, 0.15) is 0 Å². The van der Waals surface area contributed by atoms with E-state index in [1.807, 2.05) is 0 Å². The lowest BCUT2D eigenvalue weighted by Gasteiger charge is -2.39. The van der Waals surface area contributed by atoms with E-state index in [1.54, 1.807) is 18.5 Å². The maximum atomic E-state index is 12.2. The van der Waals surface area contributed by atoms with Gasteiger partial charge in [0.05, 0.1) is 0 Å². The van der Waals surface area contributed by atoms with Crippen LogP contribution >= 0.6 is 0 Å². The summed E-state index contributed by atoms with van der Waals surface area (Å²) in [5.41, 5.74) is 0.574. The van der Waals surface area contributed by atoms with Crippen molar-refractivity contribution in [1.82, 2.24) is 15.3 Å². The van der Waals surface area contributed by atoms with Crippen molar-refractivity contribution in [2.45, 2.75) is 52.5 Å². The van der Waals surface area contributed by atoms with E-state index >= 15 is 0 Å². The van der Waals surface area contributed by atoms with Crippen LogP contribution in [0.5, 0.6) is 0 Å². The number of nitrogens with zero attached hydrogens (tertiary/aromatic N) is 2. The average molecular weight is 302 g/mol. The van der Waals surface area contributed by atoms with Crippen molar-refractivity contribution in [3.05, 3.63) is 18.5 Å². The molecular weight excluding hydrogens is 276 g/mol. The maximum Gasteiger partial charge on any atom is 0.222 e. The van der Waals surface area contributed by atoms with Crippen molar-refractivity contribution < 1.29 is 4.79 Å². The first kappa shape index (κ1) is 15.3. The van der Waals surface area contributed by atoms with Gasteiger partial charge in [-0.05, 0) is 42.1 Å². The molecule has 5 nitrogen and oxygen atoms in total. The SMILES string of the molecule is CC1(C)C2CCC1(C)C(NC(=O)CCNc1ncccn1)C2. The Labute approximate surface area is 132 Å². The fraction of sp³-hybridized carbons (Fsp3) is 0.706. The number of carbonyl (C=O) groups excluding carboxylic acids is 1. The molecule has 120 valence electrons. The van der Waals surface area contributed by atoms with Crippen LogP contribution in [0.15, 0.2) is 18.5 Å². The predicted octanol–water partition coefficient (Wildman–Crippen LogP) is 2.61. The number of fused-ring (bicyclic) bond motifs is 2. The largest absolute Gasteiger partial charge is 0.354 e. The molecule has 3 unspecified atom stereocenters. The lowest BCUT2D eigenvalue weighted by molar-refractivity contribution is -0.122. The third-order valence-electron chi connectivity index (χ3n) is 6.33. The summed E-state index contributed by atoms with van der Waals surface area (Å²) < 4.78 is 0. The minimum atomic E-state index is 0.123. The number of aromatic nitrogens is 2. The van der Waals surface area contributed by atoms with Gasteiger partial charge in [0.15, 0.2) is 0 Å². The molecular formula is C17H26N4O. The Balaban J connectivity index is 1.49. The Bertz CT molecular complexity index is 545. The van der Waals surface area contributed by atoms with Crippen molar-refractivity contribution in [3.8, 4) is 0 Å². The zero-order valence-electron chi connectivity index (χ0n) is 13.7. The highest BCUT2D eigenvalue weighted by Gasteiger charge is 2.61. The monoisotopic (exact) mass is 302 g/mol. The highest BCUT2D eigenvalue weighted by molar-refractivity contribution is 5.77. The number of hydrogen-bond donors (Lipinski definition) is 2. The maximum absolute atomic E-state index is 12.2. The zero-order chi connectivity index (χ0) is 15.8. The molecule has 3 atom stereocenters. The van der Waals surface area contributed by atoms with Gasteiger partial charge in [-0.3, -0.25) is 4.79 Å². The molecule has 0 aliphatic heterocycles. The quantitative estimate of drug-likeness (QED) is 0.877. The summed E-state index contributed by atoms with van der Waals surface area (Å²) in [6, 6.07) is 2.09. The zero-order valence-corrected chi connectivity index (χ0v) is 13.7. The molecule has 1 heterocycles. The first-order valence-electron chi connectivity index (χ1n) is 8.24. The van der Waals surface area contributed by atoms with Gasteiger partial charge < -0.3 is 10.6 Å². The topological polar surface area (TPSA) is 66.9 Å². The van der Waals surface area contributed by atoms with E-state index < -0.39 is 0 Å². The third kappa shape index (κ3) is 2.46. The molecule has 2 saturated carbocycles. The highest BCUT2D eigenvalue weighted by Crippen LogP contribution is 2.65. The van der Waals surface area contributed by atoms with E-state index in [9.17, 15) is 4.79 Å². The molecule has 1 amide bonds. The van der Waals surface area contributed by atoms with Crippen molar-refractivity contribution in [3.63, 3.8) is 0 Å². The molecule has 0 spiro atoms. The summed E-state index contributed by atoms with van der Waals surface area (Å²) in [6.07, 6.45) is 7.50. The van der Waals surface area contributed by atoms with E-state index in [0.29, 0.717) is 30.4 Å². The molecule has 5 heteroatoms. The van der Waals surface area contributed by atoms with Crippen LogP contribution in [0.1, 0.15) is 46.5 Å². The summed E-state index contributed by atoms with van der Waals surface area (Å²) in [4.78, 5) is 20.4. The summed E-state index contributed by atoms with van der Waals surface area (Å²) in [5, 5.41) is 6.35. The van der Waals surface area contributed by atoms with Gasteiger partial charge in [-0.2, -0.15) is 0 Å². The molecule has 1 aromatic rings. The number of carbonyl (C=O) groups is 1. The number of anilines is 1. The highest BCUT2D eigenvalue weighted by atomic mass is 16.1. The minimum Gasteiger partial charge on any atom is -0.354 e. The van der Waals surface area contributed by atoms with Crippen molar-refractivity contribution in [1.29, 1.82) is 0 Å². The Morgan fingerprint density at radius 1 is 1.32 bits per heavy atom. The van der Waals surface area contributed by atoms with Gasteiger partial charge in [-0.1, -0.05) is 20.8 Å². The summed E-state index contributed by atoms with van der Waals surface area (Å²) >= 11 is 0. The summed E-state index contributed by atoms with van der Waals surface area (Å²) in [6.45, 7) is 7.64. The van der Waals surface area contributed by atoms with Gasteiger partial charge in [0, 0.05) is 31.4 Å². The van der Waals surface area contributed by atoms with Crippen molar-refractivity contribution in [2.75, 3.05) is 11.9 Å². The molecule has 0 saturated heterocycles. The van der Waals surface area contributed by atoms with Crippen LogP contribution in [0, 0.1) is 16.7 Å². The normalized spacial score (nSPS) is 32.0. The lowest BCUT2D eigenvalue weighted by atomic mass is 9.69. The second kappa shape index (κ2) is 5.52. The van der Waals surface area contributed by atoms with Gasteiger partial charge in [0.2, 0.25) is 11.9 Å². The fourth-order valence-corrected chi connectivity index (χ4v) is 4.37. The number of hydrogen-bond acceptors (Lipinski definition) is 4. The second-order valence-electron chi connectivity index (χ2n) is 7.48. The average Bonchev–Trinajstić information content (AvgIpc) is 2.82. The molecule has 22 heavy (non-hydrogen) atoms. The smallest absolute Gasteiger partial charge is 0.222 e. The fourth-order valence-electron chi connectivity index (χ4n) is 4.37. The first-order chi connectivity index (χ1) is 10.4. The molecule has 2 N–H and O–H groups in total. The molecule has 2 aliphatic carbocycles. The van der Waals surface area contributed by atoms with Gasteiger partial charge >= 0.3 is 0 Å². The Morgan fingerprint density at radius 3 is 2.64 bits per heavy atom. The molecule has 0 aromatic carbocycles. The molecule has 2 fully saturated rings. The van der Waals surface area contributed by atoms with Crippen molar-refractivity contribution in [2.24, 2.45) is 16.7 Å². The molecule has 3 rings (SSSR count). The molecule has 1 aromatic heterocycles. The predicted molar refractivity (Wildman–Crippen MR) is 86.3 cm³/mol. The van der Waals surface area contributed by atoms with Crippen LogP contribution in [-0.4, -0.2) is 28.5 Å². The van der Waals surface area contributed by atoms with Crippen LogP contribution in [0.4, 0.5) is 5.95 Å². The number of nitrogens with one attached hydrogen (secondary N) is 2.